The van der Waals surface area contributed by atoms with Crippen molar-refractivity contribution >= 4 is 34.2 Å². The van der Waals surface area contributed by atoms with Gasteiger partial charge in [0.05, 0.1) is 28.0 Å². The summed E-state index contributed by atoms with van der Waals surface area (Å²) >= 11 is 0. The number of aromatic hydroxyl groups is 1. The molecule has 1 aliphatic heterocycles. The first kappa shape index (κ1) is 29.0. The molecule has 0 unspecified atom stereocenters. The number of rotatable bonds is 9. The largest absolute Gasteiger partial charge is 0.494 e. The minimum atomic E-state index is -1.02. The highest BCUT2D eigenvalue weighted by molar-refractivity contribution is 6.22. The van der Waals surface area contributed by atoms with Crippen molar-refractivity contribution in [3.63, 3.8) is 0 Å². The molecule has 1 saturated heterocycles. The van der Waals surface area contributed by atoms with Crippen LogP contribution in [0.4, 0.5) is 5.69 Å². The van der Waals surface area contributed by atoms with Gasteiger partial charge in [0.2, 0.25) is 5.88 Å². The van der Waals surface area contributed by atoms with Crippen molar-refractivity contribution in [3.8, 4) is 5.88 Å². The highest BCUT2D eigenvalue weighted by atomic mass is 16.4. The number of aromatic nitrogens is 1. The summed E-state index contributed by atoms with van der Waals surface area (Å²) in [5, 5.41) is 24.6. The third-order valence-corrected chi connectivity index (χ3v) is 7.93. The maximum atomic E-state index is 12.8. The Morgan fingerprint density at radius 1 is 0.929 bits per heavy atom. The summed E-state index contributed by atoms with van der Waals surface area (Å²) in [6.07, 6.45) is 0.903. The van der Waals surface area contributed by atoms with Crippen LogP contribution in [0.2, 0.25) is 0 Å². The molecule has 0 saturated carbocycles. The molecule has 0 aliphatic carbocycles. The second-order valence-corrected chi connectivity index (χ2v) is 10.9. The van der Waals surface area contributed by atoms with Crippen molar-refractivity contribution in [1.82, 2.24) is 19.7 Å². The van der Waals surface area contributed by atoms with Gasteiger partial charge >= 0.3 is 5.97 Å². The number of fused-ring (bicyclic) bond motifs is 1. The van der Waals surface area contributed by atoms with E-state index in [2.05, 4.69) is 22.2 Å². The molecule has 5 rings (SSSR count). The Hall–Kier alpha value is -4.47. The SMILES string of the molecule is Cc1cc2c(C(=Nc3ccc(C(=O)NCCCN4CCN(C)CC4)cc3)c3ccccc3)c(O)n(C)c2cc1C(=O)O. The van der Waals surface area contributed by atoms with Gasteiger partial charge in [-0.25, -0.2) is 9.79 Å². The Kier molecular flexibility index (Phi) is 8.70. The van der Waals surface area contributed by atoms with Crippen LogP contribution in [-0.4, -0.2) is 88.5 Å². The predicted octanol–water partition coefficient (Wildman–Crippen LogP) is 4.43. The molecule has 9 heteroatoms. The van der Waals surface area contributed by atoms with Gasteiger partial charge in [-0.05, 0) is 68.9 Å². The first-order valence-corrected chi connectivity index (χ1v) is 14.2. The Balaban J connectivity index is 1.39. The summed E-state index contributed by atoms with van der Waals surface area (Å²) in [4.78, 5) is 34.2. The molecule has 2 heterocycles. The summed E-state index contributed by atoms with van der Waals surface area (Å²) in [6, 6.07) is 20.0. The zero-order valence-electron chi connectivity index (χ0n) is 24.3. The van der Waals surface area contributed by atoms with Crippen LogP contribution in [0.1, 0.15) is 43.8 Å². The van der Waals surface area contributed by atoms with E-state index in [-0.39, 0.29) is 17.4 Å². The number of carboxylic acid groups (broad SMARTS) is 1. The Bertz CT molecular complexity index is 1620. The van der Waals surface area contributed by atoms with E-state index < -0.39 is 5.97 Å². The van der Waals surface area contributed by atoms with Gasteiger partial charge in [0.15, 0.2) is 0 Å². The van der Waals surface area contributed by atoms with Gasteiger partial charge in [-0.3, -0.25) is 4.79 Å². The molecule has 0 radical (unpaired) electrons. The highest BCUT2D eigenvalue weighted by Gasteiger charge is 2.23. The van der Waals surface area contributed by atoms with Crippen LogP contribution in [0, 0.1) is 6.92 Å². The van der Waals surface area contributed by atoms with Gasteiger partial charge in [-0.15, -0.1) is 0 Å². The van der Waals surface area contributed by atoms with Crippen molar-refractivity contribution in [3.05, 3.63) is 94.5 Å². The first-order chi connectivity index (χ1) is 20.2. The Morgan fingerprint density at radius 2 is 1.62 bits per heavy atom. The Morgan fingerprint density at radius 3 is 2.29 bits per heavy atom. The molecule has 9 nitrogen and oxygen atoms in total. The molecular weight excluding hydrogens is 530 g/mol. The molecule has 42 heavy (non-hydrogen) atoms. The van der Waals surface area contributed by atoms with Gasteiger partial charge in [0, 0.05) is 56.3 Å². The van der Waals surface area contributed by atoms with Crippen molar-refractivity contribution in [1.29, 1.82) is 0 Å². The summed E-state index contributed by atoms with van der Waals surface area (Å²) in [7, 11) is 3.84. The van der Waals surface area contributed by atoms with Gasteiger partial charge in [-0.1, -0.05) is 30.3 Å². The van der Waals surface area contributed by atoms with E-state index in [4.69, 9.17) is 4.99 Å². The number of carbonyl (C=O) groups is 2. The van der Waals surface area contributed by atoms with Crippen LogP contribution < -0.4 is 5.32 Å². The zero-order valence-corrected chi connectivity index (χ0v) is 24.3. The fourth-order valence-corrected chi connectivity index (χ4v) is 5.40. The van der Waals surface area contributed by atoms with Crippen molar-refractivity contribution in [2.24, 2.45) is 12.0 Å². The van der Waals surface area contributed by atoms with Crippen LogP contribution >= 0.6 is 0 Å². The predicted molar refractivity (Wildman–Crippen MR) is 165 cm³/mol. The van der Waals surface area contributed by atoms with Crippen molar-refractivity contribution in [2.75, 3.05) is 46.3 Å². The fourth-order valence-electron chi connectivity index (χ4n) is 5.40. The van der Waals surface area contributed by atoms with Gasteiger partial charge in [0.1, 0.15) is 0 Å². The van der Waals surface area contributed by atoms with E-state index in [0.717, 1.165) is 44.7 Å². The van der Waals surface area contributed by atoms with Crippen molar-refractivity contribution < 1.29 is 19.8 Å². The number of aryl methyl sites for hydroxylation is 2. The Labute approximate surface area is 245 Å². The van der Waals surface area contributed by atoms with Crippen LogP contribution in [0.3, 0.4) is 0 Å². The van der Waals surface area contributed by atoms with Crippen LogP contribution in [-0.2, 0) is 7.05 Å². The van der Waals surface area contributed by atoms with Crippen LogP contribution in [0.25, 0.3) is 10.9 Å². The molecule has 0 atom stereocenters. The average Bonchev–Trinajstić information content (AvgIpc) is 3.23. The molecule has 1 amide bonds. The molecule has 218 valence electrons. The zero-order chi connectivity index (χ0) is 29.8. The third-order valence-electron chi connectivity index (χ3n) is 7.93. The number of piperazine rings is 1. The minimum Gasteiger partial charge on any atom is -0.494 e. The molecule has 1 fully saturated rings. The van der Waals surface area contributed by atoms with E-state index in [0.29, 0.717) is 45.5 Å². The fraction of sp³-hybridized carbons (Fsp3) is 0.303. The summed E-state index contributed by atoms with van der Waals surface area (Å²) in [6.45, 7) is 7.63. The number of benzene rings is 3. The molecule has 3 N–H and O–H groups in total. The number of hydrogen-bond acceptors (Lipinski definition) is 6. The smallest absolute Gasteiger partial charge is 0.336 e. The number of aromatic carboxylic acids is 1. The maximum Gasteiger partial charge on any atom is 0.336 e. The minimum absolute atomic E-state index is 0.0119. The number of hydrogen-bond donors (Lipinski definition) is 3. The number of nitrogens with zero attached hydrogens (tertiary/aromatic N) is 4. The number of aliphatic imine (C=N–C) groups is 1. The molecule has 1 aromatic heterocycles. The second kappa shape index (κ2) is 12.6. The molecular formula is C33H37N5O4. The molecule has 4 aromatic rings. The van der Waals surface area contributed by atoms with Gasteiger partial charge in [-0.2, -0.15) is 0 Å². The highest BCUT2D eigenvalue weighted by Crippen LogP contribution is 2.35. The van der Waals surface area contributed by atoms with E-state index in [1.807, 2.05) is 30.3 Å². The van der Waals surface area contributed by atoms with E-state index >= 15 is 0 Å². The number of nitrogens with one attached hydrogen (secondary N) is 1. The van der Waals surface area contributed by atoms with Crippen molar-refractivity contribution in [2.45, 2.75) is 13.3 Å². The normalized spacial score (nSPS) is 14.8. The summed E-state index contributed by atoms with van der Waals surface area (Å²) in [5.74, 6) is -1.15. The lowest BCUT2D eigenvalue weighted by Crippen LogP contribution is -2.45. The third kappa shape index (κ3) is 6.22. The lowest BCUT2D eigenvalue weighted by molar-refractivity contribution is 0.0696. The topological polar surface area (TPSA) is 110 Å². The summed E-state index contributed by atoms with van der Waals surface area (Å²) < 4.78 is 1.58. The maximum absolute atomic E-state index is 12.8. The molecule has 3 aromatic carbocycles. The molecule has 1 aliphatic rings. The quantitative estimate of drug-likeness (QED) is 0.204. The van der Waals surface area contributed by atoms with E-state index in [1.165, 1.54) is 0 Å². The monoisotopic (exact) mass is 567 g/mol. The van der Waals surface area contributed by atoms with E-state index in [1.54, 1.807) is 54.9 Å². The number of amides is 1. The number of carboxylic acids is 1. The number of carbonyl (C=O) groups excluding carboxylic acids is 1. The average molecular weight is 568 g/mol. The van der Waals surface area contributed by atoms with Crippen LogP contribution in [0.5, 0.6) is 5.88 Å². The van der Waals surface area contributed by atoms with E-state index in [9.17, 15) is 19.8 Å². The first-order valence-electron chi connectivity index (χ1n) is 14.2. The van der Waals surface area contributed by atoms with Gasteiger partial charge in [0.25, 0.3) is 5.91 Å². The number of likely N-dealkylation sites (N-methyl/N-ethyl adjacent to an activating group) is 1. The lowest BCUT2D eigenvalue weighted by atomic mass is 9.98. The van der Waals surface area contributed by atoms with Crippen LogP contribution in [0.15, 0.2) is 71.7 Å². The standard InChI is InChI=1S/C33H37N5O4/c1-22-20-27-28(21-26(22)33(41)42)37(3)32(40)29(27)30(23-8-5-4-6-9-23)35-25-12-10-24(11-13-25)31(39)34-14-7-15-38-18-16-36(2)17-19-38/h4-6,8-13,20-21,40H,7,14-19H2,1-3H3,(H,34,39)(H,41,42). The lowest BCUT2D eigenvalue weighted by Gasteiger charge is -2.32. The van der Waals surface area contributed by atoms with Gasteiger partial charge < -0.3 is 29.9 Å². The second-order valence-electron chi connectivity index (χ2n) is 10.9. The molecule has 0 bridgehead atoms. The summed E-state index contributed by atoms with van der Waals surface area (Å²) in [5.41, 5.74) is 4.39. The molecule has 0 spiro atoms.